The molecule has 1 saturated carbocycles. The maximum atomic E-state index is 11.8. The highest BCUT2D eigenvalue weighted by Crippen LogP contribution is 2.24. The van der Waals surface area contributed by atoms with Gasteiger partial charge in [-0.05, 0) is 26.0 Å². The molecule has 4 N–H and O–H groups in total. The van der Waals surface area contributed by atoms with Gasteiger partial charge in [-0.25, -0.2) is 0 Å². The summed E-state index contributed by atoms with van der Waals surface area (Å²) in [5, 5.41) is 12.7. The summed E-state index contributed by atoms with van der Waals surface area (Å²) < 4.78 is 0. The molecule has 0 aliphatic heterocycles. The molecule has 1 amide bonds. The fourth-order valence-electron chi connectivity index (χ4n) is 2.08. The lowest BCUT2D eigenvalue weighted by atomic mass is 10.0. The monoisotopic (exact) mass is 246 g/mol. The number of nitrogens with one attached hydrogen (secondary N) is 1. The number of nitrogens with two attached hydrogens (primary N) is 1. The quantitative estimate of drug-likeness (QED) is 0.654. The molecule has 0 heterocycles. The minimum atomic E-state index is -0.836. The van der Waals surface area contributed by atoms with E-state index in [4.69, 9.17) is 5.73 Å². The fraction of sp³-hybridized carbons (Fsp3) is 0.909. The highest BCUT2D eigenvalue weighted by atomic mass is 32.2. The molecule has 4 nitrogen and oxygen atoms in total. The predicted molar refractivity (Wildman–Crippen MR) is 67.3 cm³/mol. The van der Waals surface area contributed by atoms with E-state index in [0.29, 0.717) is 12.3 Å². The van der Waals surface area contributed by atoms with Crippen LogP contribution in [-0.2, 0) is 4.79 Å². The molecule has 0 spiro atoms. The normalized spacial score (nSPS) is 28.8. The number of carbonyl (C=O) groups is 1. The number of hydrogen-bond acceptors (Lipinski definition) is 4. The van der Waals surface area contributed by atoms with Crippen LogP contribution in [0.1, 0.15) is 26.2 Å². The summed E-state index contributed by atoms with van der Waals surface area (Å²) in [5.41, 5.74) is 5.01. The van der Waals surface area contributed by atoms with Crippen LogP contribution in [0.4, 0.5) is 0 Å². The van der Waals surface area contributed by atoms with Gasteiger partial charge in [0.05, 0.1) is 11.5 Å². The van der Waals surface area contributed by atoms with Crippen LogP contribution in [0.3, 0.4) is 0 Å². The average molecular weight is 246 g/mol. The third-order valence-corrected chi connectivity index (χ3v) is 3.92. The lowest BCUT2D eigenvalue weighted by Gasteiger charge is -2.24. The second-order valence-corrected chi connectivity index (χ2v) is 5.72. The SMILES string of the molecule is CSCC(C)(O)CNC(=O)C1CCCC1N. The lowest BCUT2D eigenvalue weighted by Crippen LogP contribution is -2.46. The maximum Gasteiger partial charge on any atom is 0.224 e. The van der Waals surface area contributed by atoms with Gasteiger partial charge in [0.15, 0.2) is 0 Å². The zero-order valence-corrected chi connectivity index (χ0v) is 10.8. The van der Waals surface area contributed by atoms with Gasteiger partial charge in [-0.3, -0.25) is 4.79 Å². The number of amides is 1. The molecule has 1 fully saturated rings. The van der Waals surface area contributed by atoms with Crippen molar-refractivity contribution < 1.29 is 9.90 Å². The third kappa shape index (κ3) is 3.96. The summed E-state index contributed by atoms with van der Waals surface area (Å²) in [6.07, 6.45) is 4.76. The Bertz CT molecular complexity index is 246. The smallest absolute Gasteiger partial charge is 0.224 e. The molecule has 3 atom stereocenters. The highest BCUT2D eigenvalue weighted by molar-refractivity contribution is 7.98. The number of carbonyl (C=O) groups excluding carboxylic acids is 1. The van der Waals surface area contributed by atoms with E-state index in [9.17, 15) is 9.90 Å². The number of hydrogen-bond donors (Lipinski definition) is 3. The second-order valence-electron chi connectivity index (χ2n) is 4.85. The Morgan fingerprint density at radius 3 is 2.81 bits per heavy atom. The minimum absolute atomic E-state index is 0.00798. The molecule has 94 valence electrons. The summed E-state index contributed by atoms with van der Waals surface area (Å²) in [4.78, 5) is 11.8. The van der Waals surface area contributed by atoms with Crippen molar-refractivity contribution in [2.24, 2.45) is 11.7 Å². The van der Waals surface area contributed by atoms with Crippen molar-refractivity contribution in [3.05, 3.63) is 0 Å². The maximum absolute atomic E-state index is 11.8. The Balaban J connectivity index is 2.34. The fourth-order valence-corrected chi connectivity index (χ4v) is 2.81. The van der Waals surface area contributed by atoms with Crippen molar-refractivity contribution >= 4 is 17.7 Å². The van der Waals surface area contributed by atoms with Crippen molar-refractivity contribution in [2.75, 3.05) is 18.6 Å². The van der Waals surface area contributed by atoms with Crippen LogP contribution in [0.25, 0.3) is 0 Å². The van der Waals surface area contributed by atoms with Crippen molar-refractivity contribution in [1.82, 2.24) is 5.32 Å². The van der Waals surface area contributed by atoms with E-state index in [1.165, 1.54) is 0 Å². The van der Waals surface area contributed by atoms with E-state index in [1.807, 2.05) is 6.26 Å². The summed E-state index contributed by atoms with van der Waals surface area (Å²) in [6.45, 7) is 2.04. The van der Waals surface area contributed by atoms with Gasteiger partial charge in [-0.15, -0.1) is 0 Å². The first-order valence-corrected chi connectivity index (χ1v) is 7.10. The molecule has 1 aliphatic carbocycles. The van der Waals surface area contributed by atoms with E-state index in [0.717, 1.165) is 19.3 Å². The third-order valence-electron chi connectivity index (χ3n) is 3.00. The minimum Gasteiger partial charge on any atom is -0.387 e. The molecule has 0 bridgehead atoms. The van der Waals surface area contributed by atoms with Gasteiger partial charge in [-0.1, -0.05) is 6.42 Å². The van der Waals surface area contributed by atoms with Crippen LogP contribution in [0, 0.1) is 5.92 Å². The molecule has 0 aromatic heterocycles. The molecular weight excluding hydrogens is 224 g/mol. The van der Waals surface area contributed by atoms with Gasteiger partial charge in [0.25, 0.3) is 0 Å². The highest BCUT2D eigenvalue weighted by Gasteiger charge is 2.31. The number of thioether (sulfide) groups is 1. The van der Waals surface area contributed by atoms with Gasteiger partial charge >= 0.3 is 0 Å². The lowest BCUT2D eigenvalue weighted by molar-refractivity contribution is -0.126. The van der Waals surface area contributed by atoms with E-state index in [1.54, 1.807) is 18.7 Å². The van der Waals surface area contributed by atoms with Gasteiger partial charge < -0.3 is 16.2 Å². The average Bonchev–Trinajstić information content (AvgIpc) is 2.61. The van der Waals surface area contributed by atoms with Crippen LogP contribution >= 0.6 is 11.8 Å². The molecule has 0 aromatic carbocycles. The first kappa shape index (κ1) is 13.8. The molecule has 5 heteroatoms. The molecule has 16 heavy (non-hydrogen) atoms. The summed E-state index contributed by atoms with van der Waals surface area (Å²) in [7, 11) is 0. The summed E-state index contributed by atoms with van der Waals surface area (Å²) in [5.74, 6) is 0.542. The Hall–Kier alpha value is -0.260. The Labute approximate surface area is 101 Å². The van der Waals surface area contributed by atoms with Crippen molar-refractivity contribution in [3.63, 3.8) is 0 Å². The molecule has 1 rings (SSSR count). The first-order valence-electron chi connectivity index (χ1n) is 5.71. The van der Waals surface area contributed by atoms with Crippen LogP contribution < -0.4 is 11.1 Å². The zero-order chi connectivity index (χ0) is 12.2. The van der Waals surface area contributed by atoms with Gasteiger partial charge in [0.2, 0.25) is 5.91 Å². The van der Waals surface area contributed by atoms with Crippen LogP contribution in [0.5, 0.6) is 0 Å². The molecular formula is C11H22N2O2S. The van der Waals surface area contributed by atoms with Gasteiger partial charge in [0, 0.05) is 18.3 Å². The van der Waals surface area contributed by atoms with Crippen molar-refractivity contribution in [3.8, 4) is 0 Å². The molecule has 0 aromatic rings. The van der Waals surface area contributed by atoms with Crippen LogP contribution in [0.15, 0.2) is 0 Å². The largest absolute Gasteiger partial charge is 0.387 e. The van der Waals surface area contributed by atoms with Crippen molar-refractivity contribution in [2.45, 2.75) is 37.8 Å². The van der Waals surface area contributed by atoms with Crippen molar-refractivity contribution in [1.29, 1.82) is 0 Å². The zero-order valence-electron chi connectivity index (χ0n) is 10.0. The molecule has 0 saturated heterocycles. The summed E-state index contributed by atoms with van der Waals surface area (Å²) in [6, 6.07) is -0.00880. The standard InChI is InChI=1S/C11H22N2O2S/c1-11(15,7-16-2)6-13-10(14)8-4-3-5-9(8)12/h8-9,15H,3-7,12H2,1-2H3,(H,13,14). The van der Waals surface area contributed by atoms with Crippen LogP contribution in [0.2, 0.25) is 0 Å². The molecule has 1 aliphatic rings. The van der Waals surface area contributed by atoms with E-state index < -0.39 is 5.60 Å². The topological polar surface area (TPSA) is 75.3 Å². The van der Waals surface area contributed by atoms with E-state index in [-0.39, 0.29) is 17.9 Å². The molecule has 3 unspecified atom stereocenters. The Morgan fingerprint density at radius 2 is 2.31 bits per heavy atom. The Kier molecular flexibility index (Phi) is 5.08. The van der Waals surface area contributed by atoms with Gasteiger partial charge in [-0.2, -0.15) is 11.8 Å². The van der Waals surface area contributed by atoms with Gasteiger partial charge in [0.1, 0.15) is 0 Å². The number of rotatable bonds is 5. The summed E-state index contributed by atoms with van der Waals surface area (Å²) >= 11 is 1.57. The van der Waals surface area contributed by atoms with E-state index >= 15 is 0 Å². The van der Waals surface area contributed by atoms with E-state index in [2.05, 4.69) is 5.32 Å². The Morgan fingerprint density at radius 1 is 1.62 bits per heavy atom. The number of aliphatic hydroxyl groups is 1. The second kappa shape index (κ2) is 5.89. The molecule has 0 radical (unpaired) electrons. The predicted octanol–water partition coefficient (Wildman–Crippen LogP) is 0.344. The first-order chi connectivity index (χ1) is 7.46. The van der Waals surface area contributed by atoms with Crippen LogP contribution in [-0.4, -0.2) is 41.2 Å².